The van der Waals surface area contributed by atoms with E-state index in [1.54, 1.807) is 24.3 Å². The average molecular weight is 847 g/mol. The van der Waals surface area contributed by atoms with E-state index in [0.29, 0.717) is 31.0 Å². The Hall–Kier alpha value is -4.35. The van der Waals surface area contributed by atoms with Gasteiger partial charge < -0.3 is 9.47 Å². The van der Waals surface area contributed by atoms with Gasteiger partial charge in [0.15, 0.2) is 9.84 Å². The molecule has 0 heterocycles. The number of rotatable bonds is 26. The smallest absolute Gasteiger partial charge is 0.185 e. The molecule has 0 aliphatic rings. The molecule has 3 rings (SSSR count). The van der Waals surface area contributed by atoms with Gasteiger partial charge in [-0.1, -0.05) is 124 Å². The molecule has 0 saturated carbocycles. The maximum atomic E-state index is 14.3. The van der Waals surface area contributed by atoms with Gasteiger partial charge in [0, 0.05) is 16.3 Å². The van der Waals surface area contributed by atoms with Gasteiger partial charge in [0.05, 0.1) is 23.4 Å². The van der Waals surface area contributed by atoms with Gasteiger partial charge in [0.1, 0.15) is 11.5 Å². The Bertz CT molecular complexity index is 2170. The summed E-state index contributed by atoms with van der Waals surface area (Å²) in [4.78, 5) is 0.351. The lowest BCUT2D eigenvalue weighted by molar-refractivity contribution is 0.332. The summed E-state index contributed by atoms with van der Waals surface area (Å²) >= 11 is 0. The molecule has 0 spiro atoms. The third-order valence-electron chi connectivity index (χ3n) is 11.5. The molecule has 332 valence electrons. The Balaban J connectivity index is 1.63. The van der Waals surface area contributed by atoms with Crippen LogP contribution >= 0.6 is 0 Å². The monoisotopic (exact) mass is 847 g/mol. The molecule has 0 amide bonds. The Labute approximate surface area is 372 Å². The molecule has 0 aromatic heterocycles. The van der Waals surface area contributed by atoms with Crippen LogP contribution in [-0.4, -0.2) is 26.9 Å². The van der Waals surface area contributed by atoms with E-state index in [2.05, 4.69) is 110 Å². The van der Waals surface area contributed by atoms with Crippen LogP contribution in [0.4, 0.5) is 0 Å². The highest BCUT2D eigenvalue weighted by molar-refractivity contribution is 7.92. The quantitative estimate of drug-likeness (QED) is 0.0755. The fourth-order valence-corrected chi connectivity index (χ4v) is 9.55. The molecule has 0 aliphatic carbocycles. The third kappa shape index (κ3) is 17.1. The largest absolute Gasteiger partial charge is 0.493 e. The molecule has 0 radical (unpaired) electrons. The van der Waals surface area contributed by atoms with E-state index in [4.69, 9.17) is 9.47 Å². The maximum absolute atomic E-state index is 14.3. The summed E-state index contributed by atoms with van der Waals surface area (Å²) in [6.45, 7) is 24.6. The highest BCUT2D eigenvalue weighted by Crippen LogP contribution is 2.41. The van der Waals surface area contributed by atoms with E-state index < -0.39 is 15.1 Å². The minimum absolute atomic E-state index is 0.351. The van der Waals surface area contributed by atoms with E-state index in [1.807, 2.05) is 39.0 Å². The van der Waals surface area contributed by atoms with Crippen LogP contribution in [0.5, 0.6) is 11.5 Å². The van der Waals surface area contributed by atoms with Crippen molar-refractivity contribution in [2.45, 2.75) is 163 Å². The standard InChI is InChI=1S/C56H78O4S/c1-12-59-55-49(11)51(56(60-13-2)53-37-18-17-36-52(53)55)40-39-48(10)54(61(57,58)50-34-15-14-16-35-50)41-38-47(9)33-23-32-46(8)31-22-30-45(7)29-21-28-44(6)27-20-26-43(5)25-19-24-42(3)4/h14-18,24,26,28,30,32,34-39,54H,12-13,19-23,25,27,29,31,33,40-41H2,1-11H3. The van der Waals surface area contributed by atoms with Gasteiger partial charge in [0.2, 0.25) is 0 Å². The van der Waals surface area contributed by atoms with Crippen LogP contribution in [0.1, 0.15) is 151 Å². The first-order valence-corrected chi connectivity index (χ1v) is 24.4. The zero-order valence-electron chi connectivity index (χ0n) is 39.8. The second kappa shape index (κ2) is 26.9. The summed E-state index contributed by atoms with van der Waals surface area (Å²) in [6.07, 6.45) is 27.9. The Kier molecular flexibility index (Phi) is 22.5. The normalized spacial score (nSPS) is 14.1. The number of hydrogen-bond acceptors (Lipinski definition) is 4. The van der Waals surface area contributed by atoms with Crippen molar-refractivity contribution >= 4 is 20.6 Å². The first kappa shape index (κ1) is 51.0. The maximum Gasteiger partial charge on any atom is 0.185 e. The van der Waals surface area contributed by atoms with Gasteiger partial charge in [-0.25, -0.2) is 8.42 Å². The van der Waals surface area contributed by atoms with Crippen molar-refractivity contribution in [2.75, 3.05) is 13.2 Å². The zero-order valence-corrected chi connectivity index (χ0v) is 40.6. The van der Waals surface area contributed by atoms with E-state index in [1.165, 1.54) is 33.4 Å². The molecule has 0 fully saturated rings. The molecule has 3 aromatic carbocycles. The number of hydrogen-bond donors (Lipinski definition) is 0. The predicted molar refractivity (Wildman–Crippen MR) is 265 cm³/mol. The van der Waals surface area contributed by atoms with Gasteiger partial charge in [-0.05, 0) is 171 Å². The van der Waals surface area contributed by atoms with Crippen molar-refractivity contribution in [3.05, 3.63) is 147 Å². The Morgan fingerprint density at radius 2 is 0.951 bits per heavy atom. The summed E-state index contributed by atoms with van der Waals surface area (Å²) in [5, 5.41) is 1.34. The number of allylic oxidation sites excluding steroid dienone is 13. The summed E-state index contributed by atoms with van der Waals surface area (Å²) < 4.78 is 41.0. The molecule has 0 aliphatic heterocycles. The SMILES string of the molecule is CCOc1c(C)c(CC=C(C)C(CC=C(C)CCC=C(C)CCC=C(C)CCC=C(C)CCC=C(C)CCC=C(C)C)S(=O)(=O)c2ccccc2)c(OCC)c2ccccc12. The van der Waals surface area contributed by atoms with Crippen LogP contribution < -0.4 is 9.47 Å². The van der Waals surface area contributed by atoms with Gasteiger partial charge in [-0.15, -0.1) is 0 Å². The summed E-state index contributed by atoms with van der Waals surface area (Å²) in [5.41, 5.74) is 11.3. The Morgan fingerprint density at radius 3 is 1.41 bits per heavy atom. The lowest BCUT2D eigenvalue weighted by Crippen LogP contribution is -2.22. The predicted octanol–water partition coefficient (Wildman–Crippen LogP) is 16.3. The summed E-state index contributed by atoms with van der Waals surface area (Å²) in [6, 6.07) is 17.1. The van der Waals surface area contributed by atoms with E-state index in [9.17, 15) is 8.42 Å². The van der Waals surface area contributed by atoms with Gasteiger partial charge in [-0.2, -0.15) is 0 Å². The molecule has 4 nitrogen and oxygen atoms in total. The Morgan fingerprint density at radius 1 is 0.541 bits per heavy atom. The molecule has 0 bridgehead atoms. The first-order chi connectivity index (χ1) is 29.2. The molecule has 3 aromatic rings. The number of sulfone groups is 1. The van der Waals surface area contributed by atoms with Crippen molar-refractivity contribution in [3.8, 4) is 11.5 Å². The molecular formula is C56H78O4S. The van der Waals surface area contributed by atoms with Crippen LogP contribution in [0.2, 0.25) is 0 Å². The molecule has 61 heavy (non-hydrogen) atoms. The molecule has 1 atom stereocenters. The van der Waals surface area contributed by atoms with Gasteiger partial charge >= 0.3 is 0 Å². The molecular weight excluding hydrogens is 769 g/mol. The van der Waals surface area contributed by atoms with Crippen LogP contribution in [0.25, 0.3) is 10.8 Å². The van der Waals surface area contributed by atoms with Crippen molar-refractivity contribution in [3.63, 3.8) is 0 Å². The van der Waals surface area contributed by atoms with Crippen LogP contribution in [0.15, 0.2) is 141 Å². The minimum Gasteiger partial charge on any atom is -0.493 e. The fraction of sp³-hybridized carbons (Fsp3) is 0.464. The van der Waals surface area contributed by atoms with Gasteiger partial charge in [0.25, 0.3) is 0 Å². The lowest BCUT2D eigenvalue weighted by atomic mass is 9.95. The average Bonchev–Trinajstić information content (AvgIpc) is 3.22. The van der Waals surface area contributed by atoms with Crippen molar-refractivity contribution in [1.82, 2.24) is 0 Å². The van der Waals surface area contributed by atoms with Crippen LogP contribution in [0.3, 0.4) is 0 Å². The van der Waals surface area contributed by atoms with Crippen molar-refractivity contribution in [1.29, 1.82) is 0 Å². The molecule has 0 saturated heterocycles. The topological polar surface area (TPSA) is 52.6 Å². The zero-order chi connectivity index (χ0) is 44.8. The number of fused-ring (bicyclic) bond motifs is 1. The highest BCUT2D eigenvalue weighted by Gasteiger charge is 2.28. The van der Waals surface area contributed by atoms with E-state index in [-0.39, 0.29) is 0 Å². The van der Waals surface area contributed by atoms with E-state index in [0.717, 1.165) is 103 Å². The second-order valence-electron chi connectivity index (χ2n) is 17.1. The summed E-state index contributed by atoms with van der Waals surface area (Å²) in [5.74, 6) is 1.69. The fourth-order valence-electron chi connectivity index (χ4n) is 7.75. The molecule has 5 heteroatoms. The molecule has 1 unspecified atom stereocenters. The molecule has 0 N–H and O–H groups in total. The minimum atomic E-state index is -3.65. The summed E-state index contributed by atoms with van der Waals surface area (Å²) in [7, 11) is -3.65. The highest BCUT2D eigenvalue weighted by atomic mass is 32.2. The third-order valence-corrected chi connectivity index (χ3v) is 13.8. The first-order valence-electron chi connectivity index (χ1n) is 22.9. The van der Waals surface area contributed by atoms with Crippen molar-refractivity contribution < 1.29 is 17.9 Å². The van der Waals surface area contributed by atoms with Crippen molar-refractivity contribution in [2.24, 2.45) is 0 Å². The number of benzene rings is 3. The van der Waals surface area contributed by atoms with Gasteiger partial charge in [-0.3, -0.25) is 0 Å². The van der Waals surface area contributed by atoms with Crippen LogP contribution in [0, 0.1) is 6.92 Å². The van der Waals surface area contributed by atoms with E-state index >= 15 is 0 Å². The lowest BCUT2D eigenvalue weighted by Gasteiger charge is -2.21. The number of ether oxygens (including phenoxy) is 2. The second-order valence-corrected chi connectivity index (χ2v) is 19.3. The van der Waals surface area contributed by atoms with Crippen LogP contribution in [-0.2, 0) is 16.3 Å².